The molecule has 0 radical (unpaired) electrons. The summed E-state index contributed by atoms with van der Waals surface area (Å²) in [5.74, 6) is -1.44. The summed E-state index contributed by atoms with van der Waals surface area (Å²) in [4.78, 5) is 34.1. The normalized spacial score (nSPS) is 9.94. The van der Waals surface area contributed by atoms with E-state index in [0.717, 1.165) is 0 Å². The van der Waals surface area contributed by atoms with Crippen molar-refractivity contribution in [3.8, 4) is 5.75 Å². The summed E-state index contributed by atoms with van der Waals surface area (Å²) in [6.45, 7) is 3.81. The van der Waals surface area contributed by atoms with Gasteiger partial charge in [-0.1, -0.05) is 0 Å². The molecule has 0 aromatic heterocycles. The summed E-state index contributed by atoms with van der Waals surface area (Å²) in [6, 6.07) is 2.60. The number of benzene rings is 1. The van der Waals surface area contributed by atoms with Crippen molar-refractivity contribution in [1.29, 1.82) is 0 Å². The summed E-state index contributed by atoms with van der Waals surface area (Å²) >= 11 is 0. The molecule has 0 spiro atoms. The van der Waals surface area contributed by atoms with Gasteiger partial charge in [0.2, 0.25) is 0 Å². The zero-order valence-corrected chi connectivity index (χ0v) is 9.33. The topological polar surface area (TPSA) is 71.4 Å². The predicted octanol–water partition coefficient (Wildman–Crippen LogP) is 2.00. The molecular weight excluding hydrogens is 208 g/mol. The molecule has 0 unspecified atom stereocenters. The van der Waals surface area contributed by atoms with Gasteiger partial charge in [0.15, 0.2) is 17.3 Å². The van der Waals surface area contributed by atoms with Crippen LogP contribution in [0.25, 0.3) is 0 Å². The molecular formula is C12H12O4. The first-order valence-electron chi connectivity index (χ1n) is 4.75. The quantitative estimate of drug-likeness (QED) is 0.791. The average molecular weight is 220 g/mol. The van der Waals surface area contributed by atoms with Crippen LogP contribution < -0.4 is 0 Å². The molecule has 0 aliphatic heterocycles. The fourth-order valence-electron chi connectivity index (χ4n) is 1.61. The van der Waals surface area contributed by atoms with E-state index in [1.165, 1.54) is 32.9 Å². The number of phenols is 1. The van der Waals surface area contributed by atoms with Gasteiger partial charge < -0.3 is 5.11 Å². The Hall–Kier alpha value is -1.97. The molecule has 0 saturated carbocycles. The van der Waals surface area contributed by atoms with Crippen LogP contribution in [-0.4, -0.2) is 22.5 Å². The molecule has 0 atom stereocenters. The van der Waals surface area contributed by atoms with Gasteiger partial charge in [0.25, 0.3) is 0 Å². The lowest BCUT2D eigenvalue weighted by Gasteiger charge is -2.10. The predicted molar refractivity (Wildman–Crippen MR) is 58.1 cm³/mol. The first-order valence-corrected chi connectivity index (χ1v) is 4.75. The minimum absolute atomic E-state index is 0.000000000000000222. The van der Waals surface area contributed by atoms with Gasteiger partial charge in [-0.3, -0.25) is 14.4 Å². The molecule has 0 aliphatic rings. The summed E-state index contributed by atoms with van der Waals surface area (Å²) in [7, 11) is 0. The molecule has 1 N–H and O–H groups in total. The van der Waals surface area contributed by atoms with Gasteiger partial charge in [-0.2, -0.15) is 0 Å². The highest BCUT2D eigenvalue weighted by atomic mass is 16.3. The standard InChI is InChI=1S/C12H12O4/c1-6(13)9-4-5-10(16)12(8(3)15)11(9)7(2)14/h4-5,16H,1-3H3. The van der Waals surface area contributed by atoms with Crippen LogP contribution in [0.1, 0.15) is 51.8 Å². The van der Waals surface area contributed by atoms with Gasteiger partial charge in [-0.25, -0.2) is 0 Å². The zero-order valence-electron chi connectivity index (χ0n) is 9.33. The second-order valence-electron chi connectivity index (χ2n) is 3.55. The lowest BCUT2D eigenvalue weighted by Crippen LogP contribution is -2.11. The molecule has 0 aliphatic carbocycles. The molecule has 1 aromatic rings. The molecule has 4 heteroatoms. The van der Waals surface area contributed by atoms with Crippen molar-refractivity contribution in [3.63, 3.8) is 0 Å². The smallest absolute Gasteiger partial charge is 0.164 e. The van der Waals surface area contributed by atoms with Crippen molar-refractivity contribution in [2.24, 2.45) is 0 Å². The Balaban J connectivity index is 3.70. The number of hydrogen-bond acceptors (Lipinski definition) is 4. The summed E-state index contributed by atoms with van der Waals surface area (Å²) in [5.41, 5.74) is 0.0794. The molecule has 84 valence electrons. The van der Waals surface area contributed by atoms with Crippen LogP contribution in [0.5, 0.6) is 5.75 Å². The van der Waals surface area contributed by atoms with E-state index in [1.54, 1.807) is 0 Å². The first-order chi connectivity index (χ1) is 7.36. The lowest BCUT2D eigenvalue weighted by atomic mass is 9.93. The van der Waals surface area contributed by atoms with Crippen LogP contribution in [0, 0.1) is 0 Å². The molecule has 0 amide bonds. The number of rotatable bonds is 3. The van der Waals surface area contributed by atoms with E-state index >= 15 is 0 Å². The lowest BCUT2D eigenvalue weighted by molar-refractivity contribution is 0.0966. The van der Waals surface area contributed by atoms with E-state index in [0.29, 0.717) is 0 Å². The Morgan fingerprint density at radius 1 is 0.875 bits per heavy atom. The zero-order chi connectivity index (χ0) is 12.5. The fourth-order valence-corrected chi connectivity index (χ4v) is 1.61. The number of ketones is 3. The second-order valence-corrected chi connectivity index (χ2v) is 3.55. The molecule has 1 rings (SSSR count). The summed E-state index contributed by atoms with van der Waals surface area (Å²) in [5, 5.41) is 9.53. The Bertz CT molecular complexity index is 486. The molecule has 0 fully saturated rings. The third-order valence-electron chi connectivity index (χ3n) is 2.27. The van der Waals surface area contributed by atoms with Gasteiger partial charge >= 0.3 is 0 Å². The van der Waals surface area contributed by atoms with Gasteiger partial charge in [-0.05, 0) is 32.9 Å². The molecule has 0 bridgehead atoms. The van der Waals surface area contributed by atoms with Crippen LogP contribution in [0.3, 0.4) is 0 Å². The SMILES string of the molecule is CC(=O)c1ccc(O)c(C(C)=O)c1C(C)=O. The first kappa shape index (κ1) is 12.1. The van der Waals surface area contributed by atoms with Gasteiger partial charge in [-0.15, -0.1) is 0 Å². The van der Waals surface area contributed by atoms with Crippen LogP contribution in [-0.2, 0) is 0 Å². The van der Waals surface area contributed by atoms with E-state index in [2.05, 4.69) is 0 Å². The molecule has 0 saturated heterocycles. The van der Waals surface area contributed by atoms with Gasteiger partial charge in [0.05, 0.1) is 5.56 Å². The van der Waals surface area contributed by atoms with E-state index in [-0.39, 0.29) is 28.2 Å². The number of carbonyl (C=O) groups excluding carboxylic acids is 3. The van der Waals surface area contributed by atoms with Gasteiger partial charge in [0, 0.05) is 11.1 Å². The molecule has 16 heavy (non-hydrogen) atoms. The Morgan fingerprint density at radius 3 is 1.75 bits per heavy atom. The van der Waals surface area contributed by atoms with Crippen LogP contribution in [0.4, 0.5) is 0 Å². The highest BCUT2D eigenvalue weighted by Crippen LogP contribution is 2.26. The van der Waals surface area contributed by atoms with E-state index < -0.39 is 11.6 Å². The Morgan fingerprint density at radius 2 is 1.38 bits per heavy atom. The maximum atomic E-state index is 11.4. The largest absolute Gasteiger partial charge is 0.507 e. The van der Waals surface area contributed by atoms with E-state index in [4.69, 9.17) is 0 Å². The van der Waals surface area contributed by atoms with Crippen LogP contribution in [0.2, 0.25) is 0 Å². The van der Waals surface area contributed by atoms with E-state index in [9.17, 15) is 19.5 Å². The third-order valence-corrected chi connectivity index (χ3v) is 2.27. The number of carbonyl (C=O) groups is 3. The number of hydrogen-bond donors (Lipinski definition) is 1. The van der Waals surface area contributed by atoms with Crippen molar-refractivity contribution in [2.75, 3.05) is 0 Å². The maximum absolute atomic E-state index is 11.4. The Labute approximate surface area is 92.9 Å². The van der Waals surface area contributed by atoms with Crippen molar-refractivity contribution in [2.45, 2.75) is 20.8 Å². The second kappa shape index (κ2) is 4.26. The molecule has 1 aromatic carbocycles. The highest BCUT2D eigenvalue weighted by molar-refractivity contribution is 6.15. The highest BCUT2D eigenvalue weighted by Gasteiger charge is 2.21. The number of phenolic OH excluding ortho intramolecular Hbond substituents is 1. The maximum Gasteiger partial charge on any atom is 0.164 e. The van der Waals surface area contributed by atoms with Crippen molar-refractivity contribution in [3.05, 3.63) is 28.8 Å². The number of Topliss-reactive ketones (excluding diaryl/α,β-unsaturated/α-hetero) is 3. The third kappa shape index (κ3) is 2.00. The summed E-state index contributed by atoms with van der Waals surface area (Å²) in [6.07, 6.45) is 0. The Kier molecular flexibility index (Phi) is 3.22. The van der Waals surface area contributed by atoms with Crippen LogP contribution in [0.15, 0.2) is 12.1 Å². The van der Waals surface area contributed by atoms with Crippen molar-refractivity contribution < 1.29 is 19.5 Å². The number of aromatic hydroxyl groups is 1. The van der Waals surface area contributed by atoms with E-state index in [1.807, 2.05) is 0 Å². The van der Waals surface area contributed by atoms with Gasteiger partial charge in [0.1, 0.15) is 5.75 Å². The molecule has 0 heterocycles. The van der Waals surface area contributed by atoms with Crippen LogP contribution >= 0.6 is 0 Å². The minimum Gasteiger partial charge on any atom is -0.507 e. The fraction of sp³-hybridized carbons (Fsp3) is 0.250. The average Bonchev–Trinajstić information content (AvgIpc) is 2.15. The van der Waals surface area contributed by atoms with Crippen molar-refractivity contribution >= 4 is 17.3 Å². The van der Waals surface area contributed by atoms with Crippen molar-refractivity contribution in [1.82, 2.24) is 0 Å². The monoisotopic (exact) mass is 220 g/mol. The summed E-state index contributed by atoms with van der Waals surface area (Å²) < 4.78 is 0. The minimum atomic E-state index is -0.439. The molecule has 4 nitrogen and oxygen atoms in total.